The van der Waals surface area contributed by atoms with Crippen LogP contribution in [-0.4, -0.2) is 54.4 Å². The van der Waals surface area contributed by atoms with Crippen LogP contribution >= 0.6 is 0 Å². The van der Waals surface area contributed by atoms with Gasteiger partial charge in [0.1, 0.15) is 5.78 Å². The molecule has 4 aliphatic carbocycles. The van der Waals surface area contributed by atoms with Gasteiger partial charge in [0.25, 0.3) is 0 Å². The summed E-state index contributed by atoms with van der Waals surface area (Å²) in [6.07, 6.45) is 4.53. The number of hydrogen-bond acceptors (Lipinski definition) is 4. The van der Waals surface area contributed by atoms with Crippen molar-refractivity contribution in [3.05, 3.63) is 11.6 Å². The van der Waals surface area contributed by atoms with Gasteiger partial charge >= 0.3 is 10.4 Å². The van der Waals surface area contributed by atoms with Gasteiger partial charge in [-0.2, -0.15) is 8.42 Å². The third kappa shape index (κ3) is 3.29. The minimum Gasteiger partial charge on any atom is -0.299 e. The largest absolute Gasteiger partial charge is 0.397 e. The fraction of sp³-hybridized carbons (Fsp3) is 0.842. The van der Waals surface area contributed by atoms with Crippen molar-refractivity contribution in [1.82, 2.24) is 0 Å². The Hall–Kier alpha value is 0.280. The van der Waals surface area contributed by atoms with Gasteiger partial charge in [-0.15, -0.1) is 0 Å². The van der Waals surface area contributed by atoms with Crippen LogP contribution in [0.2, 0.25) is 0 Å². The molecule has 0 bridgehead atoms. The van der Waals surface area contributed by atoms with Crippen LogP contribution in [0.3, 0.4) is 0 Å². The first-order valence-electron chi connectivity index (χ1n) is 10.3. The van der Waals surface area contributed by atoms with Gasteiger partial charge in [0.15, 0.2) is 0 Å². The molecule has 3 saturated carbocycles. The second-order valence-corrected chi connectivity index (χ2v) is 9.86. The normalized spacial score (nSPS) is 48.1. The van der Waals surface area contributed by atoms with E-state index in [9.17, 15) is 13.2 Å². The van der Waals surface area contributed by atoms with Crippen molar-refractivity contribution < 1.29 is 24.7 Å². The topological polar surface area (TPSA) is 80.7 Å². The molecule has 1 N–H and O–H groups in total. The maximum atomic E-state index is 12.7. The Balaban J connectivity index is 0.00000225. The zero-order valence-corrected chi connectivity index (χ0v) is 18.6. The van der Waals surface area contributed by atoms with Gasteiger partial charge in [-0.3, -0.25) is 9.35 Å². The Morgan fingerprint density at radius 2 is 1.85 bits per heavy atom. The van der Waals surface area contributed by atoms with Crippen LogP contribution in [0.1, 0.15) is 67.9 Å². The minimum atomic E-state index is -4.45. The van der Waals surface area contributed by atoms with Crippen molar-refractivity contribution in [3.8, 4) is 0 Å². The Morgan fingerprint density at radius 3 is 2.54 bits per heavy atom. The number of allylic oxidation sites excluding steroid dienone is 1. The molecule has 0 unspecified atom stereocenters. The van der Waals surface area contributed by atoms with Crippen molar-refractivity contribution >= 4 is 45.7 Å². The van der Waals surface area contributed by atoms with Gasteiger partial charge in [0.2, 0.25) is 0 Å². The smallest absolute Gasteiger partial charge is 0.299 e. The molecule has 5 nitrogen and oxygen atoms in total. The number of Topliss-reactive ketones (excluding diaryl/α,β-unsaturated/α-hetero) is 1. The zero-order valence-electron chi connectivity index (χ0n) is 17.8. The first-order valence-corrected chi connectivity index (χ1v) is 10.6. The standard InChI is InChI=1S/C19H28O5S.Na/c1-18-9-7-13(24-25(21,22)23)11-12(18)3-4-14-15-5-6-17(20)19(15,2)10-8-16(14)18;/h3,13-16H,4-11H2,1-2H3,(H,21,22,23);/t13-,14-,15-,16-,18-,19-;/m0./s1/i6D2;. The van der Waals surface area contributed by atoms with E-state index in [0.717, 1.165) is 25.7 Å². The zero-order chi connectivity index (χ0) is 19.8. The molecule has 0 heterocycles. The molecule has 4 rings (SSSR count). The molecule has 0 aromatic heterocycles. The van der Waals surface area contributed by atoms with E-state index in [1.807, 2.05) is 6.92 Å². The van der Waals surface area contributed by atoms with Gasteiger partial charge in [0.05, 0.1) is 6.10 Å². The second kappa shape index (κ2) is 6.96. The fourth-order valence-corrected chi connectivity index (χ4v) is 6.77. The van der Waals surface area contributed by atoms with E-state index in [1.54, 1.807) is 0 Å². The number of hydrogen-bond donors (Lipinski definition) is 1. The third-order valence-electron chi connectivity index (χ3n) is 7.71. The van der Waals surface area contributed by atoms with Crippen LogP contribution in [0, 0.1) is 28.6 Å². The second-order valence-electron chi connectivity index (χ2n) is 8.81. The quantitative estimate of drug-likeness (QED) is 0.442. The van der Waals surface area contributed by atoms with Gasteiger partial charge < -0.3 is 0 Å². The molecule has 1 radical (unpaired) electrons. The minimum absolute atomic E-state index is 0. The molecule has 26 heavy (non-hydrogen) atoms. The van der Waals surface area contributed by atoms with Crippen molar-refractivity contribution in [3.63, 3.8) is 0 Å². The van der Waals surface area contributed by atoms with Crippen LogP contribution in [0.4, 0.5) is 0 Å². The Bertz CT molecular complexity index is 813. The first kappa shape index (κ1) is 18.3. The number of carbonyl (C=O) groups is 1. The van der Waals surface area contributed by atoms with Gasteiger partial charge in [-0.25, -0.2) is 4.18 Å². The number of fused-ring (bicyclic) bond motifs is 5. The summed E-state index contributed by atoms with van der Waals surface area (Å²) in [5, 5.41) is 0. The molecular weight excluding hydrogens is 363 g/mol. The summed E-state index contributed by atoms with van der Waals surface area (Å²) in [7, 11) is -4.45. The Morgan fingerprint density at radius 1 is 1.19 bits per heavy atom. The number of rotatable bonds is 2. The van der Waals surface area contributed by atoms with Gasteiger partial charge in [0, 0.05) is 44.1 Å². The molecule has 0 amide bonds. The average Bonchev–Trinajstić information content (AvgIpc) is 2.73. The summed E-state index contributed by atoms with van der Waals surface area (Å²) in [4.78, 5) is 12.7. The molecule has 3 fully saturated rings. The van der Waals surface area contributed by atoms with Crippen LogP contribution in [-0.2, 0) is 19.4 Å². The third-order valence-corrected chi connectivity index (χ3v) is 8.22. The molecular formula is C19H28NaO5S. The van der Waals surface area contributed by atoms with E-state index >= 15 is 0 Å². The van der Waals surface area contributed by atoms with Crippen LogP contribution in [0.5, 0.6) is 0 Å². The van der Waals surface area contributed by atoms with Gasteiger partial charge in [-0.05, 0) is 68.1 Å². The van der Waals surface area contributed by atoms with E-state index in [4.69, 9.17) is 11.5 Å². The molecule has 0 aromatic rings. The van der Waals surface area contributed by atoms with E-state index in [-0.39, 0.29) is 52.6 Å². The average molecular weight is 393 g/mol. The van der Waals surface area contributed by atoms with E-state index < -0.39 is 28.3 Å². The first-order chi connectivity index (χ1) is 12.4. The number of carbonyl (C=O) groups excluding carboxylic acids is 1. The molecule has 7 heteroatoms. The van der Waals surface area contributed by atoms with Crippen molar-refractivity contribution in [2.75, 3.05) is 0 Å². The fourth-order valence-electron chi connectivity index (χ4n) is 6.26. The van der Waals surface area contributed by atoms with Crippen LogP contribution in [0.25, 0.3) is 0 Å². The Kier molecular flexibility index (Phi) is 4.90. The molecule has 141 valence electrons. The molecule has 0 spiro atoms. The van der Waals surface area contributed by atoms with Gasteiger partial charge in [-0.1, -0.05) is 25.5 Å². The van der Waals surface area contributed by atoms with E-state index in [0.29, 0.717) is 25.2 Å². The summed E-state index contributed by atoms with van der Waals surface area (Å²) in [6, 6.07) is 0. The monoisotopic (exact) mass is 393 g/mol. The molecule has 4 aliphatic rings. The predicted octanol–water partition coefficient (Wildman–Crippen LogP) is 3.33. The summed E-state index contributed by atoms with van der Waals surface area (Å²) in [5.41, 5.74) is 0.568. The van der Waals surface area contributed by atoms with Crippen molar-refractivity contribution in [2.24, 2.45) is 28.6 Å². The van der Waals surface area contributed by atoms with E-state index in [2.05, 4.69) is 13.0 Å². The molecule has 0 saturated heterocycles. The molecule has 0 aromatic carbocycles. The summed E-state index contributed by atoms with van der Waals surface area (Å²) in [5.74, 6) is 0.519. The molecule has 6 atom stereocenters. The summed E-state index contributed by atoms with van der Waals surface area (Å²) < 4.78 is 52.3. The maximum absolute atomic E-state index is 12.7. The van der Waals surface area contributed by atoms with E-state index in [1.165, 1.54) is 5.57 Å². The summed E-state index contributed by atoms with van der Waals surface area (Å²) in [6.45, 7) is 4.19. The SMILES string of the molecule is [2H]C1([2H])C[C@H]2[C@@H]3CC=C4C[C@@H](OS(=O)(=O)O)CC[C@]4(C)[C@H]3CC[C@]2(C)C1=O.[Na]. The Labute approximate surface area is 181 Å². The van der Waals surface area contributed by atoms with Crippen LogP contribution < -0.4 is 0 Å². The summed E-state index contributed by atoms with van der Waals surface area (Å²) >= 11 is 0. The predicted molar refractivity (Wildman–Crippen MR) is 98.9 cm³/mol. The van der Waals surface area contributed by atoms with Crippen molar-refractivity contribution in [2.45, 2.75) is 71.3 Å². The van der Waals surface area contributed by atoms with Crippen molar-refractivity contribution in [1.29, 1.82) is 0 Å². The maximum Gasteiger partial charge on any atom is 0.397 e. The number of ketones is 1. The molecule has 0 aliphatic heterocycles. The van der Waals surface area contributed by atoms with Crippen LogP contribution in [0.15, 0.2) is 11.6 Å².